The fourth-order valence-corrected chi connectivity index (χ4v) is 3.77. The Hall–Kier alpha value is -2.01. The second-order valence-electron chi connectivity index (χ2n) is 6.75. The van der Waals surface area contributed by atoms with Crippen molar-refractivity contribution in [3.05, 3.63) is 58.2 Å². The third-order valence-corrected chi connectivity index (χ3v) is 5.37. The van der Waals surface area contributed by atoms with Gasteiger partial charge in [-0.1, -0.05) is 17.7 Å². The van der Waals surface area contributed by atoms with E-state index < -0.39 is 0 Å². The van der Waals surface area contributed by atoms with Crippen LogP contribution in [0.4, 0.5) is 11.4 Å². The van der Waals surface area contributed by atoms with Crippen LogP contribution in [0.25, 0.3) is 10.9 Å². The van der Waals surface area contributed by atoms with Crippen molar-refractivity contribution in [1.29, 1.82) is 0 Å². The van der Waals surface area contributed by atoms with Crippen LogP contribution in [-0.4, -0.2) is 29.5 Å². The van der Waals surface area contributed by atoms with Crippen molar-refractivity contribution < 1.29 is 0 Å². The molecule has 4 nitrogen and oxygen atoms in total. The molecule has 4 rings (SSSR count). The van der Waals surface area contributed by atoms with E-state index in [1.165, 1.54) is 22.2 Å². The highest BCUT2D eigenvalue weighted by Crippen LogP contribution is 2.31. The fraction of sp³-hybridized carbons (Fsp3) is 0.300. The van der Waals surface area contributed by atoms with Gasteiger partial charge < -0.3 is 16.0 Å². The molecule has 0 saturated heterocycles. The van der Waals surface area contributed by atoms with Crippen molar-refractivity contribution in [3.8, 4) is 0 Å². The van der Waals surface area contributed by atoms with Crippen LogP contribution >= 0.6 is 11.6 Å². The molecule has 2 aromatic carbocycles. The number of hydrogen-bond acceptors (Lipinski definition) is 3. The van der Waals surface area contributed by atoms with Gasteiger partial charge >= 0.3 is 0 Å². The molecule has 2 heterocycles. The van der Waals surface area contributed by atoms with Crippen LogP contribution in [0.5, 0.6) is 0 Å². The number of halogens is 1. The highest BCUT2D eigenvalue weighted by Gasteiger charge is 2.20. The number of aromatic nitrogens is 1. The van der Waals surface area contributed by atoms with Gasteiger partial charge in [-0.3, -0.25) is 4.90 Å². The number of H-pyrrole nitrogens is 1. The molecule has 4 N–H and O–H groups in total. The molecule has 25 heavy (non-hydrogen) atoms. The standard InChI is InChI=1S/C20H23ClN4/c1-13-2-3-15(11-18(13)21)23-14-4-5-19-17(10-14)16-6-8-25(9-7-22)12-20(16)24-19/h2-5,10-11,23-24H,6-9,12,22H2,1H3. The van der Waals surface area contributed by atoms with E-state index in [1.807, 2.05) is 19.1 Å². The minimum absolute atomic E-state index is 0.711. The maximum atomic E-state index is 6.23. The molecule has 0 spiro atoms. The van der Waals surface area contributed by atoms with Crippen LogP contribution in [0.15, 0.2) is 36.4 Å². The number of rotatable bonds is 4. The average molecular weight is 355 g/mol. The van der Waals surface area contributed by atoms with Gasteiger partial charge in [0.15, 0.2) is 0 Å². The van der Waals surface area contributed by atoms with E-state index in [1.54, 1.807) is 0 Å². The van der Waals surface area contributed by atoms with Gasteiger partial charge in [-0.25, -0.2) is 0 Å². The first-order valence-corrected chi connectivity index (χ1v) is 9.11. The minimum Gasteiger partial charge on any atom is -0.357 e. The summed E-state index contributed by atoms with van der Waals surface area (Å²) >= 11 is 6.23. The smallest absolute Gasteiger partial charge is 0.0460 e. The monoisotopic (exact) mass is 354 g/mol. The molecule has 0 fully saturated rings. The first kappa shape index (κ1) is 16.5. The topological polar surface area (TPSA) is 57.1 Å². The Balaban J connectivity index is 1.63. The van der Waals surface area contributed by atoms with Crippen LogP contribution in [0.1, 0.15) is 16.8 Å². The Kier molecular flexibility index (Phi) is 4.42. The van der Waals surface area contributed by atoms with Crippen molar-refractivity contribution in [1.82, 2.24) is 9.88 Å². The second-order valence-corrected chi connectivity index (χ2v) is 7.15. The maximum Gasteiger partial charge on any atom is 0.0460 e. The van der Waals surface area contributed by atoms with Crippen molar-refractivity contribution in [2.45, 2.75) is 19.9 Å². The van der Waals surface area contributed by atoms with E-state index in [-0.39, 0.29) is 0 Å². The normalized spacial score (nSPS) is 14.7. The molecule has 3 aromatic rings. The van der Waals surface area contributed by atoms with Crippen LogP contribution in [0, 0.1) is 6.92 Å². The first-order chi connectivity index (χ1) is 12.1. The molecule has 1 aliphatic heterocycles. The summed E-state index contributed by atoms with van der Waals surface area (Å²) in [5.41, 5.74) is 12.8. The number of nitrogens with zero attached hydrogens (tertiary/aromatic N) is 1. The Morgan fingerprint density at radius 1 is 1.20 bits per heavy atom. The van der Waals surface area contributed by atoms with Gasteiger partial charge in [-0.15, -0.1) is 0 Å². The van der Waals surface area contributed by atoms with Crippen LogP contribution in [0.2, 0.25) is 5.02 Å². The number of nitrogens with one attached hydrogen (secondary N) is 2. The Labute approximate surface area is 153 Å². The zero-order chi connectivity index (χ0) is 17.4. The van der Waals surface area contributed by atoms with E-state index in [4.69, 9.17) is 17.3 Å². The Bertz CT molecular complexity index is 915. The predicted octanol–water partition coefficient (Wildman–Crippen LogP) is 4.19. The van der Waals surface area contributed by atoms with E-state index in [2.05, 4.69) is 39.5 Å². The van der Waals surface area contributed by atoms with E-state index in [0.29, 0.717) is 6.54 Å². The summed E-state index contributed by atoms with van der Waals surface area (Å²) < 4.78 is 0. The fourth-order valence-electron chi connectivity index (χ4n) is 3.59. The summed E-state index contributed by atoms with van der Waals surface area (Å²) in [5.74, 6) is 0. The molecule has 1 aliphatic rings. The minimum atomic E-state index is 0.711. The molecular formula is C20H23ClN4. The molecule has 1 aromatic heterocycles. The van der Waals surface area contributed by atoms with Crippen LogP contribution < -0.4 is 11.1 Å². The molecule has 0 unspecified atom stereocenters. The van der Waals surface area contributed by atoms with Gasteiger partial charge in [0, 0.05) is 59.2 Å². The number of fused-ring (bicyclic) bond motifs is 3. The van der Waals surface area contributed by atoms with Crippen LogP contribution in [-0.2, 0) is 13.0 Å². The summed E-state index contributed by atoms with van der Waals surface area (Å²) in [6.07, 6.45) is 1.06. The van der Waals surface area contributed by atoms with E-state index >= 15 is 0 Å². The van der Waals surface area contributed by atoms with E-state index in [9.17, 15) is 0 Å². The van der Waals surface area contributed by atoms with Crippen molar-refractivity contribution in [3.63, 3.8) is 0 Å². The number of aryl methyl sites for hydroxylation is 1. The highest BCUT2D eigenvalue weighted by molar-refractivity contribution is 6.31. The molecule has 0 amide bonds. The SMILES string of the molecule is Cc1ccc(Nc2ccc3[nH]c4c(c3c2)CCN(CCN)C4)cc1Cl. The van der Waals surface area contributed by atoms with Crippen LogP contribution in [0.3, 0.4) is 0 Å². The predicted molar refractivity (Wildman–Crippen MR) is 106 cm³/mol. The largest absolute Gasteiger partial charge is 0.357 e. The number of nitrogens with two attached hydrogens (primary N) is 1. The maximum absolute atomic E-state index is 6.23. The highest BCUT2D eigenvalue weighted by atomic mass is 35.5. The zero-order valence-electron chi connectivity index (χ0n) is 14.4. The van der Waals surface area contributed by atoms with Gasteiger partial charge in [0.05, 0.1) is 0 Å². The zero-order valence-corrected chi connectivity index (χ0v) is 15.2. The van der Waals surface area contributed by atoms with E-state index in [0.717, 1.165) is 48.0 Å². The quantitative estimate of drug-likeness (QED) is 0.658. The molecule has 0 aliphatic carbocycles. The number of aromatic amines is 1. The van der Waals surface area contributed by atoms with Crippen molar-refractivity contribution in [2.24, 2.45) is 5.73 Å². The molecule has 5 heteroatoms. The summed E-state index contributed by atoms with van der Waals surface area (Å²) in [6.45, 7) is 5.71. The Morgan fingerprint density at radius 3 is 2.80 bits per heavy atom. The van der Waals surface area contributed by atoms with Gasteiger partial charge in [0.25, 0.3) is 0 Å². The summed E-state index contributed by atoms with van der Waals surface area (Å²) in [5, 5.41) is 5.56. The molecule has 0 bridgehead atoms. The number of anilines is 2. The third-order valence-electron chi connectivity index (χ3n) is 4.96. The molecule has 130 valence electrons. The number of benzene rings is 2. The lowest BCUT2D eigenvalue weighted by Gasteiger charge is -2.26. The number of hydrogen-bond donors (Lipinski definition) is 3. The molecule has 0 saturated carbocycles. The first-order valence-electron chi connectivity index (χ1n) is 8.73. The summed E-state index contributed by atoms with van der Waals surface area (Å²) in [7, 11) is 0. The molecule has 0 radical (unpaired) electrons. The molecule has 0 atom stereocenters. The average Bonchev–Trinajstić information content (AvgIpc) is 2.96. The lowest BCUT2D eigenvalue weighted by atomic mass is 10.0. The lowest BCUT2D eigenvalue weighted by molar-refractivity contribution is 0.259. The lowest BCUT2D eigenvalue weighted by Crippen LogP contribution is -2.34. The summed E-state index contributed by atoms with van der Waals surface area (Å²) in [4.78, 5) is 5.99. The van der Waals surface area contributed by atoms with Crippen molar-refractivity contribution >= 4 is 33.9 Å². The van der Waals surface area contributed by atoms with Crippen molar-refractivity contribution in [2.75, 3.05) is 25.0 Å². The van der Waals surface area contributed by atoms with Gasteiger partial charge in [-0.2, -0.15) is 0 Å². The molecular weight excluding hydrogens is 332 g/mol. The van der Waals surface area contributed by atoms with Gasteiger partial charge in [0.2, 0.25) is 0 Å². The van der Waals surface area contributed by atoms with Gasteiger partial charge in [-0.05, 0) is 54.8 Å². The Morgan fingerprint density at radius 2 is 2.00 bits per heavy atom. The summed E-state index contributed by atoms with van der Waals surface area (Å²) in [6, 6.07) is 12.6. The second kappa shape index (κ2) is 6.71. The van der Waals surface area contributed by atoms with Gasteiger partial charge in [0.1, 0.15) is 0 Å². The third kappa shape index (κ3) is 3.25.